The fourth-order valence-corrected chi connectivity index (χ4v) is 2.99. The smallest absolute Gasteiger partial charge is 0.229 e. The maximum absolute atomic E-state index is 14.0. The number of hydrogen-bond donors (Lipinski definition) is 2. The largest absolute Gasteiger partial charge is 0.366 e. The minimum absolute atomic E-state index is 0.175. The molecule has 0 saturated carbocycles. The van der Waals surface area contributed by atoms with Gasteiger partial charge in [0.05, 0.1) is 24.2 Å². The molecule has 0 amide bonds. The minimum Gasteiger partial charge on any atom is -0.366 e. The number of hydrogen-bond acceptors (Lipinski definition) is 7. The van der Waals surface area contributed by atoms with E-state index in [0.717, 1.165) is 37.8 Å². The molecule has 3 rings (SSSR count). The summed E-state index contributed by atoms with van der Waals surface area (Å²) in [5, 5.41) is 18.9. The van der Waals surface area contributed by atoms with Gasteiger partial charge in [-0.05, 0) is 19.4 Å². The molecule has 1 aliphatic heterocycles. The second kappa shape index (κ2) is 7.90. The first kappa shape index (κ1) is 17.1. The molecule has 0 unspecified atom stereocenters. The van der Waals surface area contributed by atoms with Crippen LogP contribution < -0.4 is 10.6 Å². The summed E-state index contributed by atoms with van der Waals surface area (Å²) in [6.07, 6.45) is 7.22. The van der Waals surface area contributed by atoms with Crippen LogP contribution >= 0.6 is 0 Å². The Labute approximate surface area is 145 Å². The minimum atomic E-state index is -0.488. The Hall–Kier alpha value is -2.73. The molecule has 132 valence electrons. The topological polar surface area (TPSA) is 94.7 Å². The second-order valence-corrected chi connectivity index (χ2v) is 6.04. The van der Waals surface area contributed by atoms with Crippen molar-refractivity contribution in [3.05, 3.63) is 24.4 Å². The van der Waals surface area contributed by atoms with Crippen LogP contribution in [-0.4, -0.2) is 50.3 Å². The third-order valence-corrected chi connectivity index (χ3v) is 4.22. The number of nitrogens with zero attached hydrogens (tertiary/aromatic N) is 6. The highest BCUT2D eigenvalue weighted by Crippen LogP contribution is 2.20. The van der Waals surface area contributed by atoms with Gasteiger partial charge in [0.15, 0.2) is 11.6 Å². The predicted octanol–water partition coefficient (Wildman–Crippen LogP) is 1.88. The van der Waals surface area contributed by atoms with Crippen molar-refractivity contribution < 1.29 is 4.39 Å². The van der Waals surface area contributed by atoms with E-state index in [1.807, 2.05) is 7.05 Å². The molecular formula is C16H21FN8. The molecule has 9 heteroatoms. The Morgan fingerprint density at radius 1 is 1.44 bits per heavy atom. The van der Waals surface area contributed by atoms with Crippen molar-refractivity contribution >= 4 is 17.5 Å². The highest BCUT2D eigenvalue weighted by Gasteiger charge is 2.24. The molecule has 0 bridgehead atoms. The van der Waals surface area contributed by atoms with Crippen LogP contribution in [-0.2, 0) is 7.05 Å². The Morgan fingerprint density at radius 2 is 2.32 bits per heavy atom. The van der Waals surface area contributed by atoms with E-state index >= 15 is 0 Å². The maximum Gasteiger partial charge on any atom is 0.229 e. The highest BCUT2D eigenvalue weighted by atomic mass is 19.1. The molecule has 2 N–H and O–H groups in total. The van der Waals surface area contributed by atoms with Crippen LogP contribution in [0, 0.1) is 17.1 Å². The number of rotatable bonds is 7. The lowest BCUT2D eigenvalue weighted by Crippen LogP contribution is -2.35. The van der Waals surface area contributed by atoms with Crippen molar-refractivity contribution in [1.29, 1.82) is 5.26 Å². The lowest BCUT2D eigenvalue weighted by molar-refractivity contribution is 0.268. The van der Waals surface area contributed by atoms with Crippen molar-refractivity contribution in [3.63, 3.8) is 0 Å². The van der Waals surface area contributed by atoms with Gasteiger partial charge >= 0.3 is 0 Å². The van der Waals surface area contributed by atoms with E-state index in [4.69, 9.17) is 5.26 Å². The van der Waals surface area contributed by atoms with E-state index in [1.54, 1.807) is 17.1 Å². The molecule has 0 aromatic carbocycles. The van der Waals surface area contributed by atoms with Crippen LogP contribution in [0.1, 0.15) is 19.3 Å². The Bertz CT molecular complexity index is 753. The van der Waals surface area contributed by atoms with Crippen molar-refractivity contribution in [3.8, 4) is 6.07 Å². The van der Waals surface area contributed by atoms with Crippen molar-refractivity contribution in [2.24, 2.45) is 7.05 Å². The van der Waals surface area contributed by atoms with Crippen molar-refractivity contribution in [2.45, 2.75) is 25.3 Å². The summed E-state index contributed by atoms with van der Waals surface area (Å²) in [6, 6.07) is 2.46. The van der Waals surface area contributed by atoms with Gasteiger partial charge in [0.2, 0.25) is 5.95 Å². The molecule has 0 radical (unpaired) electrons. The van der Waals surface area contributed by atoms with Crippen LogP contribution in [0.4, 0.5) is 21.8 Å². The number of aromatic nitrogens is 4. The van der Waals surface area contributed by atoms with E-state index in [1.165, 1.54) is 0 Å². The van der Waals surface area contributed by atoms with Gasteiger partial charge in [-0.1, -0.05) is 0 Å². The molecule has 1 aliphatic rings. The second-order valence-electron chi connectivity index (χ2n) is 6.04. The predicted molar refractivity (Wildman–Crippen MR) is 91.8 cm³/mol. The average molecular weight is 344 g/mol. The standard InChI is InChI=1S/C16H21FN8/c1-24-11-12(8-21-24)22-16-20-10-14(17)15(23-16)19-9-13-4-2-6-25(13)7-3-5-18/h8,10-11,13H,2-4,6-7,9H2,1H3,(H2,19,20,22,23)/t13-/m1/s1. The fourth-order valence-electron chi connectivity index (χ4n) is 2.99. The summed E-state index contributed by atoms with van der Waals surface area (Å²) in [7, 11) is 1.81. The molecule has 1 fully saturated rings. The fraction of sp³-hybridized carbons (Fsp3) is 0.500. The zero-order chi connectivity index (χ0) is 17.6. The number of nitrogens with one attached hydrogen (secondary N) is 2. The van der Waals surface area contributed by atoms with Gasteiger partial charge in [-0.15, -0.1) is 0 Å². The van der Waals surface area contributed by atoms with Crippen LogP contribution in [0.25, 0.3) is 0 Å². The van der Waals surface area contributed by atoms with E-state index in [0.29, 0.717) is 18.9 Å². The van der Waals surface area contributed by atoms with Crippen LogP contribution in [0.15, 0.2) is 18.6 Å². The summed E-state index contributed by atoms with van der Waals surface area (Å²) in [6.45, 7) is 2.32. The Morgan fingerprint density at radius 3 is 3.08 bits per heavy atom. The quantitative estimate of drug-likeness (QED) is 0.792. The van der Waals surface area contributed by atoms with E-state index < -0.39 is 5.82 Å². The summed E-state index contributed by atoms with van der Waals surface area (Å²) in [5.41, 5.74) is 0.735. The molecule has 3 heterocycles. The molecule has 2 aromatic heterocycles. The average Bonchev–Trinajstić information content (AvgIpc) is 3.22. The van der Waals surface area contributed by atoms with Crippen LogP contribution in [0.5, 0.6) is 0 Å². The first-order valence-electron chi connectivity index (χ1n) is 8.29. The molecule has 1 atom stereocenters. The first-order valence-corrected chi connectivity index (χ1v) is 8.29. The van der Waals surface area contributed by atoms with Crippen LogP contribution in [0.3, 0.4) is 0 Å². The van der Waals surface area contributed by atoms with Crippen LogP contribution in [0.2, 0.25) is 0 Å². The maximum atomic E-state index is 14.0. The summed E-state index contributed by atoms with van der Waals surface area (Å²) in [4.78, 5) is 10.4. The molecule has 1 saturated heterocycles. The third kappa shape index (κ3) is 4.42. The summed E-state index contributed by atoms with van der Waals surface area (Å²) < 4.78 is 15.7. The van der Waals surface area contributed by atoms with E-state index in [9.17, 15) is 4.39 Å². The van der Waals surface area contributed by atoms with Gasteiger partial charge in [0.1, 0.15) is 0 Å². The summed E-state index contributed by atoms with van der Waals surface area (Å²) >= 11 is 0. The molecule has 25 heavy (non-hydrogen) atoms. The molecule has 0 aliphatic carbocycles. The van der Waals surface area contributed by atoms with Gasteiger partial charge < -0.3 is 10.6 Å². The lowest BCUT2D eigenvalue weighted by atomic mass is 10.2. The Kier molecular flexibility index (Phi) is 5.40. The monoisotopic (exact) mass is 344 g/mol. The molecule has 2 aromatic rings. The first-order chi connectivity index (χ1) is 12.2. The summed E-state index contributed by atoms with van der Waals surface area (Å²) in [5.74, 6) is -0.00325. The van der Waals surface area contributed by atoms with Gasteiger partial charge in [-0.3, -0.25) is 9.58 Å². The van der Waals surface area contributed by atoms with Gasteiger partial charge in [-0.25, -0.2) is 9.37 Å². The normalized spacial score (nSPS) is 17.4. The van der Waals surface area contributed by atoms with Gasteiger partial charge in [0.25, 0.3) is 0 Å². The molecule has 8 nitrogen and oxygen atoms in total. The zero-order valence-electron chi connectivity index (χ0n) is 14.1. The third-order valence-electron chi connectivity index (χ3n) is 4.22. The molecular weight excluding hydrogens is 323 g/mol. The lowest BCUT2D eigenvalue weighted by Gasteiger charge is -2.23. The van der Waals surface area contributed by atoms with Gasteiger partial charge in [0, 0.05) is 38.8 Å². The number of aryl methyl sites for hydroxylation is 1. The molecule has 0 spiro atoms. The van der Waals surface area contributed by atoms with E-state index in [-0.39, 0.29) is 11.9 Å². The number of anilines is 3. The number of likely N-dealkylation sites (tertiary alicyclic amines) is 1. The van der Waals surface area contributed by atoms with E-state index in [2.05, 4.69) is 36.7 Å². The van der Waals surface area contributed by atoms with Crippen molar-refractivity contribution in [1.82, 2.24) is 24.6 Å². The number of nitriles is 1. The number of halogens is 1. The SMILES string of the molecule is Cn1cc(Nc2ncc(F)c(NC[C@H]3CCCN3CCC#N)n2)cn1. The zero-order valence-corrected chi connectivity index (χ0v) is 14.1. The Balaban J connectivity index is 1.62. The van der Waals surface area contributed by atoms with Crippen molar-refractivity contribution in [2.75, 3.05) is 30.3 Å². The highest BCUT2D eigenvalue weighted by molar-refractivity contribution is 5.52. The van der Waals surface area contributed by atoms with Gasteiger partial charge in [-0.2, -0.15) is 15.3 Å².